The van der Waals surface area contributed by atoms with Gasteiger partial charge in [0.1, 0.15) is 12.4 Å². The van der Waals surface area contributed by atoms with Gasteiger partial charge in [-0.15, -0.1) is 0 Å². The number of cyclic esters (lactones) is 1. The number of nitrogens with zero attached hydrogens (tertiary/aromatic N) is 2. The van der Waals surface area contributed by atoms with E-state index >= 15 is 0 Å². The van der Waals surface area contributed by atoms with Gasteiger partial charge in [-0.25, -0.2) is 14.2 Å². The predicted octanol–water partition coefficient (Wildman–Crippen LogP) is 3.17. The predicted molar refractivity (Wildman–Crippen MR) is 103 cm³/mol. The van der Waals surface area contributed by atoms with E-state index in [1.807, 2.05) is 36.2 Å². The molecule has 0 spiro atoms. The summed E-state index contributed by atoms with van der Waals surface area (Å²) in [5, 5.41) is 0. The molecule has 6 nitrogen and oxygen atoms in total. The fourth-order valence-electron chi connectivity index (χ4n) is 2.56. The summed E-state index contributed by atoms with van der Waals surface area (Å²) < 4.78 is 23.1. The summed E-state index contributed by atoms with van der Waals surface area (Å²) >= 11 is 0. The third kappa shape index (κ3) is 4.82. The van der Waals surface area contributed by atoms with Gasteiger partial charge in [-0.3, -0.25) is 4.79 Å². The summed E-state index contributed by atoms with van der Waals surface area (Å²) in [4.78, 5) is 29.0. The average Bonchev–Trinajstić information content (AvgIpc) is 3.03. The number of aliphatic imine (C=N–C) groups is 1. The van der Waals surface area contributed by atoms with Gasteiger partial charge in [-0.05, 0) is 48.0 Å². The summed E-state index contributed by atoms with van der Waals surface area (Å²) in [7, 11) is 1.89. The third-order valence-corrected chi connectivity index (χ3v) is 4.08. The molecule has 0 aliphatic carbocycles. The molecule has 0 amide bonds. The number of anilines is 1. The molecule has 0 radical (unpaired) electrons. The molecular formula is C21H19FN2O4. The van der Waals surface area contributed by atoms with E-state index < -0.39 is 5.97 Å². The van der Waals surface area contributed by atoms with E-state index in [2.05, 4.69) is 4.99 Å². The molecule has 28 heavy (non-hydrogen) atoms. The molecule has 2 aromatic carbocycles. The third-order valence-electron chi connectivity index (χ3n) is 4.08. The van der Waals surface area contributed by atoms with Gasteiger partial charge in [0.25, 0.3) is 0 Å². The first-order chi connectivity index (χ1) is 13.4. The Morgan fingerprint density at radius 2 is 1.86 bits per heavy atom. The van der Waals surface area contributed by atoms with Crippen LogP contribution in [0.3, 0.4) is 0 Å². The van der Waals surface area contributed by atoms with Crippen molar-refractivity contribution in [3.05, 3.63) is 71.2 Å². The zero-order valence-electron chi connectivity index (χ0n) is 15.5. The normalized spacial score (nSPS) is 14.6. The standard InChI is InChI=1S/C21H19FN2O4/c1-14(25)27-12-11-24(2)18-9-3-15(4-10-18)13-19-21(26)28-20(23-19)16-5-7-17(22)8-6-16/h3-10,13H,11-12H2,1-2H3/b19-13-. The number of esters is 2. The van der Waals surface area contributed by atoms with Crippen LogP contribution in [0.2, 0.25) is 0 Å². The molecule has 0 bridgehead atoms. The number of hydrogen-bond acceptors (Lipinski definition) is 6. The van der Waals surface area contributed by atoms with E-state index in [0.717, 1.165) is 11.3 Å². The van der Waals surface area contributed by atoms with Crippen LogP contribution in [-0.2, 0) is 19.1 Å². The van der Waals surface area contributed by atoms with Crippen molar-refractivity contribution in [2.75, 3.05) is 25.1 Å². The first kappa shape index (κ1) is 19.3. The molecule has 3 rings (SSSR count). The molecule has 2 aromatic rings. The number of carbonyl (C=O) groups is 2. The van der Waals surface area contributed by atoms with Crippen molar-refractivity contribution < 1.29 is 23.5 Å². The zero-order valence-corrected chi connectivity index (χ0v) is 15.5. The summed E-state index contributed by atoms with van der Waals surface area (Å²) in [6.45, 7) is 2.25. The summed E-state index contributed by atoms with van der Waals surface area (Å²) in [6, 6.07) is 13.1. The minimum absolute atomic E-state index is 0.151. The van der Waals surface area contributed by atoms with Gasteiger partial charge >= 0.3 is 11.9 Å². The van der Waals surface area contributed by atoms with Crippen LogP contribution in [0.4, 0.5) is 10.1 Å². The van der Waals surface area contributed by atoms with Crippen molar-refractivity contribution in [2.24, 2.45) is 4.99 Å². The lowest BCUT2D eigenvalue weighted by atomic mass is 10.1. The van der Waals surface area contributed by atoms with E-state index in [1.54, 1.807) is 6.08 Å². The SMILES string of the molecule is CC(=O)OCCN(C)c1ccc(/C=C2\N=C(c3ccc(F)cc3)OC2=O)cc1. The van der Waals surface area contributed by atoms with Gasteiger partial charge < -0.3 is 14.4 Å². The molecular weight excluding hydrogens is 363 g/mol. The van der Waals surface area contributed by atoms with Crippen molar-refractivity contribution in [3.8, 4) is 0 Å². The van der Waals surface area contributed by atoms with Crippen LogP contribution in [0.1, 0.15) is 18.1 Å². The molecule has 1 aliphatic heterocycles. The van der Waals surface area contributed by atoms with Gasteiger partial charge in [-0.1, -0.05) is 12.1 Å². The summed E-state index contributed by atoms with van der Waals surface area (Å²) in [5.74, 6) is -1.08. The highest BCUT2D eigenvalue weighted by Crippen LogP contribution is 2.21. The number of rotatable bonds is 6. The van der Waals surface area contributed by atoms with Crippen LogP contribution < -0.4 is 4.90 Å². The molecule has 0 fully saturated rings. The van der Waals surface area contributed by atoms with Gasteiger partial charge in [0, 0.05) is 25.2 Å². The Labute approximate surface area is 161 Å². The maximum Gasteiger partial charge on any atom is 0.363 e. The lowest BCUT2D eigenvalue weighted by Crippen LogP contribution is -2.23. The topological polar surface area (TPSA) is 68.2 Å². The first-order valence-electron chi connectivity index (χ1n) is 8.65. The number of benzene rings is 2. The van der Waals surface area contributed by atoms with Crippen molar-refractivity contribution in [3.63, 3.8) is 0 Å². The van der Waals surface area contributed by atoms with Gasteiger partial charge in [0.15, 0.2) is 5.70 Å². The number of hydrogen-bond donors (Lipinski definition) is 0. The second kappa shape index (κ2) is 8.47. The van der Waals surface area contributed by atoms with E-state index in [9.17, 15) is 14.0 Å². The molecule has 0 atom stereocenters. The second-order valence-electron chi connectivity index (χ2n) is 6.20. The fourth-order valence-corrected chi connectivity index (χ4v) is 2.56. The van der Waals surface area contributed by atoms with E-state index in [4.69, 9.17) is 9.47 Å². The number of halogens is 1. The van der Waals surface area contributed by atoms with Crippen LogP contribution in [0, 0.1) is 5.82 Å². The summed E-state index contributed by atoms with van der Waals surface area (Å²) in [6.07, 6.45) is 1.63. The lowest BCUT2D eigenvalue weighted by Gasteiger charge is -2.19. The van der Waals surface area contributed by atoms with Crippen molar-refractivity contribution >= 4 is 29.6 Å². The lowest BCUT2D eigenvalue weighted by molar-refractivity contribution is -0.140. The van der Waals surface area contributed by atoms with Crippen LogP contribution in [0.25, 0.3) is 6.08 Å². The van der Waals surface area contributed by atoms with Crippen molar-refractivity contribution in [1.29, 1.82) is 0 Å². The quantitative estimate of drug-likeness (QED) is 0.567. The molecule has 0 N–H and O–H groups in total. The largest absolute Gasteiger partial charge is 0.464 e. The van der Waals surface area contributed by atoms with E-state index in [0.29, 0.717) is 18.7 Å². The smallest absolute Gasteiger partial charge is 0.363 e. The highest BCUT2D eigenvalue weighted by Gasteiger charge is 2.24. The number of ether oxygens (including phenoxy) is 2. The first-order valence-corrected chi connectivity index (χ1v) is 8.65. The average molecular weight is 382 g/mol. The Bertz CT molecular complexity index is 934. The number of carbonyl (C=O) groups excluding carboxylic acids is 2. The minimum Gasteiger partial charge on any atom is -0.464 e. The monoisotopic (exact) mass is 382 g/mol. The van der Waals surface area contributed by atoms with Gasteiger partial charge in [-0.2, -0.15) is 0 Å². The molecule has 0 aromatic heterocycles. The van der Waals surface area contributed by atoms with Crippen molar-refractivity contribution in [1.82, 2.24) is 0 Å². The van der Waals surface area contributed by atoms with Crippen LogP contribution in [-0.4, -0.2) is 38.0 Å². The maximum absolute atomic E-state index is 13.0. The Morgan fingerprint density at radius 1 is 1.18 bits per heavy atom. The Morgan fingerprint density at radius 3 is 2.50 bits per heavy atom. The van der Waals surface area contributed by atoms with Crippen LogP contribution in [0.5, 0.6) is 0 Å². The van der Waals surface area contributed by atoms with Crippen LogP contribution >= 0.6 is 0 Å². The van der Waals surface area contributed by atoms with E-state index in [1.165, 1.54) is 31.2 Å². The van der Waals surface area contributed by atoms with Gasteiger partial charge in [0.05, 0.1) is 6.54 Å². The molecule has 0 saturated carbocycles. The van der Waals surface area contributed by atoms with Crippen molar-refractivity contribution in [2.45, 2.75) is 6.92 Å². The molecule has 1 aliphatic rings. The fraction of sp³-hybridized carbons (Fsp3) is 0.190. The molecule has 7 heteroatoms. The highest BCUT2D eigenvalue weighted by molar-refractivity contribution is 6.12. The second-order valence-corrected chi connectivity index (χ2v) is 6.20. The minimum atomic E-state index is -0.554. The zero-order chi connectivity index (χ0) is 20.1. The molecule has 0 unspecified atom stereocenters. The molecule has 1 heterocycles. The Hall–Kier alpha value is -3.48. The Balaban J connectivity index is 1.70. The Kier molecular flexibility index (Phi) is 5.84. The highest BCUT2D eigenvalue weighted by atomic mass is 19.1. The molecule has 144 valence electrons. The van der Waals surface area contributed by atoms with E-state index in [-0.39, 0.29) is 23.4 Å². The van der Waals surface area contributed by atoms with Crippen LogP contribution in [0.15, 0.2) is 59.2 Å². The number of likely N-dealkylation sites (N-methyl/N-ethyl adjacent to an activating group) is 1. The summed E-state index contributed by atoms with van der Waals surface area (Å²) in [5.41, 5.74) is 2.44. The maximum atomic E-state index is 13.0. The molecule has 0 saturated heterocycles. The van der Waals surface area contributed by atoms with Gasteiger partial charge in [0.2, 0.25) is 5.90 Å².